The molecule has 0 spiro atoms. The second-order valence-electron chi connectivity index (χ2n) is 3.41. The van der Waals surface area contributed by atoms with Crippen LogP contribution >= 0.6 is 0 Å². The van der Waals surface area contributed by atoms with Gasteiger partial charge in [-0.3, -0.25) is 4.79 Å². The molecule has 1 aliphatic heterocycles. The Hall–Kier alpha value is -1.93. The van der Waals surface area contributed by atoms with Crippen LogP contribution in [0.25, 0.3) is 0 Å². The third kappa shape index (κ3) is 2.02. The summed E-state index contributed by atoms with van der Waals surface area (Å²) < 4.78 is 17.7. The Morgan fingerprint density at radius 1 is 1.44 bits per heavy atom. The molecule has 0 N–H and O–H groups in total. The number of hydrogen-bond acceptors (Lipinski definition) is 3. The van der Waals surface area contributed by atoms with Gasteiger partial charge >= 0.3 is 0 Å². The zero-order chi connectivity index (χ0) is 11.5. The van der Waals surface area contributed by atoms with Crippen LogP contribution in [0.3, 0.4) is 0 Å². The van der Waals surface area contributed by atoms with Crippen LogP contribution < -0.4 is 4.90 Å². The summed E-state index contributed by atoms with van der Waals surface area (Å²) >= 11 is 0. The van der Waals surface area contributed by atoms with Crippen molar-refractivity contribution in [2.24, 2.45) is 0 Å². The molecule has 1 amide bonds. The lowest BCUT2D eigenvalue weighted by Crippen LogP contribution is -2.46. The van der Waals surface area contributed by atoms with Crippen molar-refractivity contribution in [3.8, 4) is 6.07 Å². The molecule has 4 nitrogen and oxygen atoms in total. The first-order valence-electron chi connectivity index (χ1n) is 4.78. The highest BCUT2D eigenvalue weighted by molar-refractivity contribution is 5.95. The van der Waals surface area contributed by atoms with E-state index < -0.39 is 6.10 Å². The molecule has 0 radical (unpaired) electrons. The van der Waals surface area contributed by atoms with Crippen molar-refractivity contribution in [1.29, 1.82) is 5.26 Å². The van der Waals surface area contributed by atoms with Gasteiger partial charge in [0.15, 0.2) is 6.10 Å². The van der Waals surface area contributed by atoms with Gasteiger partial charge in [0.1, 0.15) is 12.4 Å². The van der Waals surface area contributed by atoms with Gasteiger partial charge in [-0.2, -0.15) is 5.26 Å². The van der Waals surface area contributed by atoms with Gasteiger partial charge in [-0.1, -0.05) is 0 Å². The number of nitrogens with zero attached hydrogens (tertiary/aromatic N) is 2. The number of rotatable bonds is 1. The van der Waals surface area contributed by atoms with Gasteiger partial charge in [0.2, 0.25) is 0 Å². The van der Waals surface area contributed by atoms with E-state index in [-0.39, 0.29) is 24.9 Å². The second kappa shape index (κ2) is 4.29. The van der Waals surface area contributed by atoms with Crippen molar-refractivity contribution in [2.75, 3.05) is 18.1 Å². The predicted octanol–water partition coefficient (Wildman–Crippen LogP) is 1.08. The number of anilines is 1. The fourth-order valence-corrected chi connectivity index (χ4v) is 1.52. The minimum atomic E-state index is -0.622. The van der Waals surface area contributed by atoms with Crippen LogP contribution in [-0.2, 0) is 9.53 Å². The molecule has 1 fully saturated rings. The van der Waals surface area contributed by atoms with Crippen molar-refractivity contribution >= 4 is 11.6 Å². The van der Waals surface area contributed by atoms with Crippen molar-refractivity contribution < 1.29 is 13.9 Å². The van der Waals surface area contributed by atoms with Crippen molar-refractivity contribution in [1.82, 2.24) is 0 Å². The number of carbonyl (C=O) groups excluding carboxylic acids is 1. The largest absolute Gasteiger partial charge is 0.352 e. The Morgan fingerprint density at radius 3 is 2.75 bits per heavy atom. The van der Waals surface area contributed by atoms with Crippen molar-refractivity contribution in [2.45, 2.75) is 6.10 Å². The van der Waals surface area contributed by atoms with Gasteiger partial charge in [0.25, 0.3) is 5.91 Å². The highest BCUT2D eigenvalue weighted by Gasteiger charge is 2.27. The van der Waals surface area contributed by atoms with Gasteiger partial charge in [-0.25, -0.2) is 4.39 Å². The summed E-state index contributed by atoms with van der Waals surface area (Å²) in [6, 6.07) is 7.51. The van der Waals surface area contributed by atoms with E-state index in [9.17, 15) is 9.18 Å². The van der Waals surface area contributed by atoms with Gasteiger partial charge < -0.3 is 9.64 Å². The lowest BCUT2D eigenvalue weighted by atomic mass is 10.2. The Balaban J connectivity index is 2.22. The third-order valence-corrected chi connectivity index (χ3v) is 2.34. The summed E-state index contributed by atoms with van der Waals surface area (Å²) in [7, 11) is 0. The van der Waals surface area contributed by atoms with Gasteiger partial charge in [-0.05, 0) is 24.3 Å². The summed E-state index contributed by atoms with van der Waals surface area (Å²) in [6.07, 6.45) is -0.622. The summed E-state index contributed by atoms with van der Waals surface area (Å²) in [6.45, 7) is 0.0660. The highest BCUT2D eigenvalue weighted by Crippen LogP contribution is 2.18. The Labute approximate surface area is 91.8 Å². The SMILES string of the molecule is N#CC1CN(c2ccc(F)cc2)C(=O)CO1. The van der Waals surface area contributed by atoms with Gasteiger partial charge in [-0.15, -0.1) is 0 Å². The number of nitriles is 1. The van der Waals surface area contributed by atoms with E-state index in [1.807, 2.05) is 6.07 Å². The smallest absolute Gasteiger partial charge is 0.253 e. The molecule has 82 valence electrons. The number of benzene rings is 1. The summed E-state index contributed by atoms with van der Waals surface area (Å²) in [5.41, 5.74) is 0.579. The number of halogens is 1. The quantitative estimate of drug-likeness (QED) is 0.711. The lowest BCUT2D eigenvalue weighted by Gasteiger charge is -2.29. The standard InChI is InChI=1S/C11H9FN2O2/c12-8-1-3-9(4-2-8)14-6-10(5-13)16-7-11(14)15/h1-4,10H,6-7H2. The molecule has 5 heteroatoms. The second-order valence-corrected chi connectivity index (χ2v) is 3.41. The zero-order valence-electron chi connectivity index (χ0n) is 8.39. The molecule has 1 heterocycles. The molecule has 1 saturated heterocycles. The van der Waals surface area contributed by atoms with Gasteiger partial charge in [0, 0.05) is 5.69 Å². The van der Waals surface area contributed by atoms with E-state index in [2.05, 4.69) is 0 Å². The van der Waals surface area contributed by atoms with Crippen LogP contribution in [0.1, 0.15) is 0 Å². The molecule has 2 rings (SSSR count). The molecular formula is C11H9FN2O2. The first kappa shape index (κ1) is 10.6. The van der Waals surface area contributed by atoms with Crippen LogP contribution in [0.5, 0.6) is 0 Å². The highest BCUT2D eigenvalue weighted by atomic mass is 19.1. The maximum Gasteiger partial charge on any atom is 0.253 e. The van der Waals surface area contributed by atoms with Crippen LogP contribution in [0.4, 0.5) is 10.1 Å². The van der Waals surface area contributed by atoms with Crippen LogP contribution in [-0.4, -0.2) is 25.2 Å². The fraction of sp³-hybridized carbons (Fsp3) is 0.273. The maximum absolute atomic E-state index is 12.7. The molecule has 1 aromatic carbocycles. The van der Waals surface area contributed by atoms with E-state index in [1.165, 1.54) is 29.2 Å². The normalized spacial score (nSPS) is 20.6. The topological polar surface area (TPSA) is 53.3 Å². The summed E-state index contributed by atoms with van der Waals surface area (Å²) in [5, 5.41) is 8.71. The van der Waals surface area contributed by atoms with Crippen LogP contribution in [0.2, 0.25) is 0 Å². The van der Waals surface area contributed by atoms with E-state index in [1.54, 1.807) is 0 Å². The summed E-state index contributed by atoms with van der Waals surface area (Å²) in [4.78, 5) is 13.0. The molecule has 1 atom stereocenters. The monoisotopic (exact) mass is 220 g/mol. The Kier molecular flexibility index (Phi) is 2.84. The molecule has 0 saturated carbocycles. The molecule has 1 aromatic rings. The van der Waals surface area contributed by atoms with Crippen LogP contribution in [0.15, 0.2) is 24.3 Å². The number of morpholine rings is 1. The molecule has 0 bridgehead atoms. The van der Waals surface area contributed by atoms with Crippen molar-refractivity contribution in [3.63, 3.8) is 0 Å². The van der Waals surface area contributed by atoms with E-state index in [0.717, 1.165) is 0 Å². The minimum absolute atomic E-state index is 0.115. The van der Waals surface area contributed by atoms with Gasteiger partial charge in [0.05, 0.1) is 12.6 Å². The molecule has 16 heavy (non-hydrogen) atoms. The number of amides is 1. The average Bonchev–Trinajstić information content (AvgIpc) is 2.31. The first-order chi connectivity index (χ1) is 7.70. The predicted molar refractivity (Wildman–Crippen MR) is 54.1 cm³/mol. The molecule has 0 aromatic heterocycles. The van der Waals surface area contributed by atoms with E-state index in [4.69, 9.17) is 10.00 Å². The molecular weight excluding hydrogens is 211 g/mol. The Bertz CT molecular complexity index is 438. The van der Waals surface area contributed by atoms with E-state index in [0.29, 0.717) is 5.69 Å². The lowest BCUT2D eigenvalue weighted by molar-refractivity contribution is -0.127. The molecule has 1 unspecified atom stereocenters. The third-order valence-electron chi connectivity index (χ3n) is 2.34. The molecule has 1 aliphatic rings. The number of carbonyl (C=O) groups is 1. The number of hydrogen-bond donors (Lipinski definition) is 0. The molecule has 0 aliphatic carbocycles. The average molecular weight is 220 g/mol. The first-order valence-corrected chi connectivity index (χ1v) is 4.78. The minimum Gasteiger partial charge on any atom is -0.352 e. The Morgan fingerprint density at radius 2 is 2.12 bits per heavy atom. The zero-order valence-corrected chi connectivity index (χ0v) is 8.39. The summed E-state index contributed by atoms with van der Waals surface area (Å²) in [5.74, 6) is -0.584. The number of ether oxygens (including phenoxy) is 1. The van der Waals surface area contributed by atoms with Crippen molar-refractivity contribution in [3.05, 3.63) is 30.1 Å². The fourth-order valence-electron chi connectivity index (χ4n) is 1.52. The maximum atomic E-state index is 12.7. The van der Waals surface area contributed by atoms with E-state index >= 15 is 0 Å². The van der Waals surface area contributed by atoms with Crippen LogP contribution in [0, 0.1) is 17.1 Å².